The lowest BCUT2D eigenvalue weighted by atomic mass is 10.1. The Morgan fingerprint density at radius 3 is 2.44 bits per heavy atom. The second-order valence-corrected chi connectivity index (χ2v) is 9.11. The summed E-state index contributed by atoms with van der Waals surface area (Å²) < 4.78 is 23.0. The van der Waals surface area contributed by atoms with Crippen LogP contribution in [0.3, 0.4) is 0 Å². The predicted octanol–water partition coefficient (Wildman–Crippen LogP) is 4.16. The summed E-state index contributed by atoms with van der Waals surface area (Å²) in [4.78, 5) is 17.0. The van der Waals surface area contributed by atoms with Gasteiger partial charge in [-0.25, -0.2) is 13.4 Å². The van der Waals surface area contributed by atoms with E-state index in [1.807, 2.05) is 32.0 Å². The highest BCUT2D eigenvalue weighted by atomic mass is 32.2. The van der Waals surface area contributed by atoms with E-state index >= 15 is 0 Å². The molecule has 2 aromatic carbocycles. The zero-order chi connectivity index (χ0) is 19.6. The van der Waals surface area contributed by atoms with Crippen molar-refractivity contribution in [2.75, 3.05) is 16.9 Å². The monoisotopic (exact) mass is 401 g/mol. The van der Waals surface area contributed by atoms with Crippen LogP contribution >= 0.6 is 11.3 Å². The average Bonchev–Trinajstić information content (AvgIpc) is 3.06. The minimum atomic E-state index is -3.23. The van der Waals surface area contributed by atoms with Crippen LogP contribution in [0, 0.1) is 13.8 Å². The molecule has 0 saturated carbocycles. The van der Waals surface area contributed by atoms with Crippen LogP contribution in [0.15, 0.2) is 52.7 Å². The number of benzene rings is 2. The molecule has 6 nitrogen and oxygen atoms in total. The van der Waals surface area contributed by atoms with Gasteiger partial charge in [-0.3, -0.25) is 4.79 Å². The van der Waals surface area contributed by atoms with Crippen molar-refractivity contribution in [1.29, 1.82) is 0 Å². The molecular formula is C19H19N3O3S2. The Hall–Kier alpha value is -2.71. The zero-order valence-electron chi connectivity index (χ0n) is 15.1. The van der Waals surface area contributed by atoms with Crippen LogP contribution in [-0.4, -0.2) is 25.6 Å². The number of carbonyl (C=O) groups excluding carboxylic acids is 1. The van der Waals surface area contributed by atoms with Gasteiger partial charge in [-0.1, -0.05) is 12.1 Å². The van der Waals surface area contributed by atoms with Gasteiger partial charge in [-0.15, -0.1) is 11.3 Å². The second-order valence-electron chi connectivity index (χ2n) is 6.23. The molecule has 8 heteroatoms. The van der Waals surface area contributed by atoms with Crippen LogP contribution in [0.5, 0.6) is 0 Å². The van der Waals surface area contributed by atoms with E-state index in [4.69, 9.17) is 0 Å². The first kappa shape index (κ1) is 19.1. The number of amides is 1. The van der Waals surface area contributed by atoms with Crippen molar-refractivity contribution < 1.29 is 13.2 Å². The van der Waals surface area contributed by atoms with Gasteiger partial charge in [0, 0.05) is 23.0 Å². The van der Waals surface area contributed by atoms with Crippen LogP contribution in [0.2, 0.25) is 0 Å². The molecule has 0 atom stereocenters. The normalized spacial score (nSPS) is 11.2. The van der Waals surface area contributed by atoms with E-state index in [9.17, 15) is 13.2 Å². The van der Waals surface area contributed by atoms with Gasteiger partial charge in [-0.05, 0) is 55.3 Å². The third-order valence-corrected chi connectivity index (χ3v) is 5.80. The van der Waals surface area contributed by atoms with Gasteiger partial charge in [0.1, 0.15) is 5.69 Å². The van der Waals surface area contributed by atoms with E-state index in [1.165, 1.54) is 23.5 Å². The molecule has 0 radical (unpaired) electrons. The number of hydrogen-bond donors (Lipinski definition) is 2. The molecule has 1 heterocycles. The highest BCUT2D eigenvalue weighted by Crippen LogP contribution is 2.23. The fourth-order valence-corrected chi connectivity index (χ4v) is 3.74. The van der Waals surface area contributed by atoms with Gasteiger partial charge in [0.2, 0.25) is 0 Å². The molecule has 0 aliphatic carbocycles. The molecule has 1 amide bonds. The van der Waals surface area contributed by atoms with Crippen molar-refractivity contribution >= 4 is 43.6 Å². The maximum Gasteiger partial charge on any atom is 0.275 e. The molecule has 0 bridgehead atoms. The van der Waals surface area contributed by atoms with Crippen molar-refractivity contribution in [3.8, 4) is 0 Å². The molecule has 27 heavy (non-hydrogen) atoms. The average molecular weight is 402 g/mol. The quantitative estimate of drug-likeness (QED) is 0.670. The third kappa shape index (κ3) is 4.72. The van der Waals surface area contributed by atoms with Crippen LogP contribution < -0.4 is 10.6 Å². The number of sulfone groups is 1. The third-order valence-electron chi connectivity index (χ3n) is 3.91. The lowest BCUT2D eigenvalue weighted by Gasteiger charge is -2.08. The number of hydrogen-bond acceptors (Lipinski definition) is 6. The topological polar surface area (TPSA) is 88.2 Å². The van der Waals surface area contributed by atoms with Crippen molar-refractivity contribution in [3.63, 3.8) is 0 Å². The Labute approximate surface area is 162 Å². The SMILES string of the molecule is Cc1ccc(C)c(NC(=O)c2csc(Nc3ccc(S(C)(=O)=O)cc3)n2)c1. The number of aryl methyl sites for hydroxylation is 2. The number of aromatic nitrogens is 1. The number of anilines is 3. The fraction of sp³-hybridized carbons (Fsp3) is 0.158. The van der Waals surface area contributed by atoms with E-state index < -0.39 is 9.84 Å². The Bertz CT molecular complexity index is 1090. The van der Waals surface area contributed by atoms with Crippen molar-refractivity contribution in [3.05, 3.63) is 64.7 Å². The number of nitrogens with one attached hydrogen (secondary N) is 2. The summed E-state index contributed by atoms with van der Waals surface area (Å²) in [6.45, 7) is 3.90. The van der Waals surface area contributed by atoms with Gasteiger partial charge < -0.3 is 10.6 Å². The maximum atomic E-state index is 12.4. The van der Waals surface area contributed by atoms with Crippen molar-refractivity contribution in [1.82, 2.24) is 4.98 Å². The van der Waals surface area contributed by atoms with Crippen molar-refractivity contribution in [2.24, 2.45) is 0 Å². The fourth-order valence-electron chi connectivity index (χ4n) is 2.40. The summed E-state index contributed by atoms with van der Waals surface area (Å²) in [5.74, 6) is -0.277. The van der Waals surface area contributed by atoms with Gasteiger partial charge in [0.05, 0.1) is 4.90 Å². The Morgan fingerprint density at radius 1 is 1.07 bits per heavy atom. The molecule has 140 valence electrons. The summed E-state index contributed by atoms with van der Waals surface area (Å²) in [6, 6.07) is 12.2. The molecule has 3 aromatic rings. The smallest absolute Gasteiger partial charge is 0.275 e. The van der Waals surface area contributed by atoms with Gasteiger partial charge >= 0.3 is 0 Å². The van der Waals surface area contributed by atoms with Crippen LogP contribution in [0.1, 0.15) is 21.6 Å². The highest BCUT2D eigenvalue weighted by molar-refractivity contribution is 7.90. The first-order valence-electron chi connectivity index (χ1n) is 8.13. The molecule has 0 unspecified atom stereocenters. The first-order chi connectivity index (χ1) is 12.7. The lowest BCUT2D eigenvalue weighted by molar-refractivity contribution is 0.102. The van der Waals surface area contributed by atoms with E-state index in [-0.39, 0.29) is 10.8 Å². The number of carbonyl (C=O) groups is 1. The van der Waals surface area contributed by atoms with Crippen LogP contribution in [0.25, 0.3) is 0 Å². The zero-order valence-corrected chi connectivity index (χ0v) is 16.7. The highest BCUT2D eigenvalue weighted by Gasteiger charge is 2.13. The molecule has 0 spiro atoms. The summed E-state index contributed by atoms with van der Waals surface area (Å²) in [6.07, 6.45) is 1.16. The Kier molecular flexibility index (Phi) is 5.29. The number of rotatable bonds is 5. The van der Waals surface area contributed by atoms with E-state index in [2.05, 4.69) is 15.6 Å². The molecule has 0 fully saturated rings. The molecule has 0 aliphatic heterocycles. The minimum Gasteiger partial charge on any atom is -0.332 e. The Balaban J connectivity index is 1.71. The summed E-state index contributed by atoms with van der Waals surface area (Å²) in [7, 11) is -3.23. The summed E-state index contributed by atoms with van der Waals surface area (Å²) >= 11 is 1.30. The molecular weight excluding hydrogens is 382 g/mol. The van der Waals surface area contributed by atoms with Gasteiger partial charge in [-0.2, -0.15) is 0 Å². The second kappa shape index (κ2) is 7.50. The van der Waals surface area contributed by atoms with Crippen LogP contribution in [-0.2, 0) is 9.84 Å². The summed E-state index contributed by atoms with van der Waals surface area (Å²) in [5.41, 5.74) is 3.82. The summed E-state index contributed by atoms with van der Waals surface area (Å²) in [5, 5.41) is 8.18. The van der Waals surface area contributed by atoms with Gasteiger partial charge in [0.15, 0.2) is 15.0 Å². The minimum absolute atomic E-state index is 0.251. The van der Waals surface area contributed by atoms with Crippen LogP contribution in [0.4, 0.5) is 16.5 Å². The molecule has 0 saturated heterocycles. The predicted molar refractivity (Wildman–Crippen MR) is 109 cm³/mol. The number of thiazole rings is 1. The first-order valence-corrected chi connectivity index (χ1v) is 10.9. The Morgan fingerprint density at radius 2 is 1.78 bits per heavy atom. The lowest BCUT2D eigenvalue weighted by Crippen LogP contribution is -2.13. The van der Waals surface area contributed by atoms with E-state index in [0.717, 1.165) is 23.1 Å². The standard InChI is InChI=1S/C19H19N3O3S2/c1-12-4-5-13(2)16(10-12)21-18(23)17-11-26-19(22-17)20-14-6-8-15(9-7-14)27(3,24)25/h4-11H,1-3H3,(H,20,22)(H,21,23). The van der Waals surface area contributed by atoms with E-state index in [1.54, 1.807) is 17.5 Å². The molecule has 3 rings (SSSR count). The maximum absolute atomic E-state index is 12.4. The molecule has 2 N–H and O–H groups in total. The largest absolute Gasteiger partial charge is 0.332 e. The van der Waals surface area contributed by atoms with Crippen molar-refractivity contribution in [2.45, 2.75) is 18.7 Å². The molecule has 0 aliphatic rings. The molecule has 1 aromatic heterocycles. The number of nitrogens with zero attached hydrogens (tertiary/aromatic N) is 1. The van der Waals surface area contributed by atoms with E-state index in [0.29, 0.717) is 16.5 Å². The van der Waals surface area contributed by atoms with Gasteiger partial charge in [0.25, 0.3) is 5.91 Å².